The standard InChI is InChI=1S/C15H14ClN3O/c16-13-2-1-3-14(12(13)8-17)19-9-15(20)10-4-6-11(18)7-5-10/h1-7,15,19-20H,9,18H2. The van der Waals surface area contributed by atoms with Gasteiger partial charge in [0.2, 0.25) is 0 Å². The van der Waals surface area contributed by atoms with Crippen molar-refractivity contribution in [1.82, 2.24) is 0 Å². The van der Waals surface area contributed by atoms with Crippen LogP contribution in [-0.2, 0) is 0 Å². The largest absolute Gasteiger partial charge is 0.399 e. The second kappa shape index (κ2) is 6.29. The third kappa shape index (κ3) is 3.21. The van der Waals surface area contributed by atoms with Crippen LogP contribution in [0.5, 0.6) is 0 Å². The number of aliphatic hydroxyl groups is 1. The predicted molar refractivity (Wildman–Crippen MR) is 80.5 cm³/mol. The Kier molecular flexibility index (Phi) is 4.46. The number of rotatable bonds is 4. The molecule has 0 saturated heterocycles. The van der Waals surface area contributed by atoms with Gasteiger partial charge in [-0.1, -0.05) is 29.8 Å². The van der Waals surface area contributed by atoms with Crippen molar-refractivity contribution in [1.29, 1.82) is 5.26 Å². The van der Waals surface area contributed by atoms with E-state index in [0.717, 1.165) is 5.56 Å². The highest BCUT2D eigenvalue weighted by molar-refractivity contribution is 6.32. The summed E-state index contributed by atoms with van der Waals surface area (Å²) in [4.78, 5) is 0. The van der Waals surface area contributed by atoms with Crippen molar-refractivity contribution in [3.8, 4) is 6.07 Å². The van der Waals surface area contributed by atoms with Crippen LogP contribution in [0.25, 0.3) is 0 Å². The highest BCUT2D eigenvalue weighted by Crippen LogP contribution is 2.24. The number of nitriles is 1. The number of anilines is 2. The molecule has 102 valence electrons. The van der Waals surface area contributed by atoms with Gasteiger partial charge in [0.05, 0.1) is 22.4 Å². The molecule has 5 heteroatoms. The van der Waals surface area contributed by atoms with Crippen molar-refractivity contribution in [3.63, 3.8) is 0 Å². The van der Waals surface area contributed by atoms with Crippen molar-refractivity contribution in [3.05, 3.63) is 58.6 Å². The van der Waals surface area contributed by atoms with Crippen molar-refractivity contribution >= 4 is 23.0 Å². The first-order chi connectivity index (χ1) is 9.61. The molecule has 0 aromatic heterocycles. The number of nitrogens with zero attached hydrogens (tertiary/aromatic N) is 1. The van der Waals surface area contributed by atoms with E-state index in [-0.39, 0.29) is 6.54 Å². The van der Waals surface area contributed by atoms with Gasteiger partial charge in [-0.25, -0.2) is 0 Å². The van der Waals surface area contributed by atoms with Crippen LogP contribution in [0.15, 0.2) is 42.5 Å². The van der Waals surface area contributed by atoms with Gasteiger partial charge in [-0.2, -0.15) is 5.26 Å². The number of nitrogens with two attached hydrogens (primary N) is 1. The quantitative estimate of drug-likeness (QED) is 0.755. The molecule has 4 N–H and O–H groups in total. The molecule has 20 heavy (non-hydrogen) atoms. The number of nitrogen functional groups attached to an aromatic ring is 1. The zero-order valence-electron chi connectivity index (χ0n) is 10.7. The van der Waals surface area contributed by atoms with E-state index in [1.807, 2.05) is 6.07 Å². The van der Waals surface area contributed by atoms with Gasteiger partial charge in [0.25, 0.3) is 0 Å². The minimum Gasteiger partial charge on any atom is -0.399 e. The van der Waals surface area contributed by atoms with Crippen LogP contribution in [0.2, 0.25) is 5.02 Å². The predicted octanol–water partition coefficient (Wildman–Crippen LogP) is 2.94. The Morgan fingerprint density at radius 2 is 1.95 bits per heavy atom. The van der Waals surface area contributed by atoms with Gasteiger partial charge < -0.3 is 16.2 Å². The number of nitrogens with one attached hydrogen (secondary N) is 1. The Morgan fingerprint density at radius 1 is 1.25 bits per heavy atom. The smallest absolute Gasteiger partial charge is 0.103 e. The molecular weight excluding hydrogens is 274 g/mol. The Labute approximate surface area is 122 Å². The summed E-state index contributed by atoms with van der Waals surface area (Å²) in [6.45, 7) is 0.277. The maximum Gasteiger partial charge on any atom is 0.103 e. The minimum atomic E-state index is -0.693. The lowest BCUT2D eigenvalue weighted by atomic mass is 10.1. The highest BCUT2D eigenvalue weighted by Gasteiger charge is 2.10. The molecule has 0 heterocycles. The molecule has 4 nitrogen and oxygen atoms in total. The van der Waals surface area contributed by atoms with Crippen LogP contribution in [-0.4, -0.2) is 11.7 Å². The van der Waals surface area contributed by atoms with E-state index in [1.165, 1.54) is 0 Å². The van der Waals surface area contributed by atoms with E-state index in [0.29, 0.717) is 22.0 Å². The molecule has 0 fully saturated rings. The fourth-order valence-corrected chi connectivity index (χ4v) is 2.04. The number of halogens is 1. The molecule has 0 radical (unpaired) electrons. The fraction of sp³-hybridized carbons (Fsp3) is 0.133. The molecule has 0 aliphatic heterocycles. The molecule has 1 atom stereocenters. The van der Waals surface area contributed by atoms with Crippen LogP contribution in [0.4, 0.5) is 11.4 Å². The Morgan fingerprint density at radius 3 is 2.60 bits per heavy atom. The van der Waals surface area contributed by atoms with Gasteiger partial charge in [0.15, 0.2) is 0 Å². The second-order valence-corrected chi connectivity index (χ2v) is 4.74. The van der Waals surface area contributed by atoms with Gasteiger partial charge >= 0.3 is 0 Å². The average molecular weight is 288 g/mol. The number of hydrogen-bond donors (Lipinski definition) is 3. The molecule has 2 aromatic rings. The molecule has 0 spiro atoms. The SMILES string of the molecule is N#Cc1c(Cl)cccc1NCC(O)c1ccc(N)cc1. The second-order valence-electron chi connectivity index (χ2n) is 4.34. The van der Waals surface area contributed by atoms with Crippen molar-refractivity contribution in [2.75, 3.05) is 17.6 Å². The topological polar surface area (TPSA) is 82.1 Å². The molecule has 2 aromatic carbocycles. The summed E-state index contributed by atoms with van der Waals surface area (Å²) in [5.41, 5.74) is 7.98. The van der Waals surface area contributed by atoms with E-state index in [2.05, 4.69) is 5.32 Å². The van der Waals surface area contributed by atoms with E-state index in [9.17, 15) is 5.11 Å². The highest BCUT2D eigenvalue weighted by atomic mass is 35.5. The molecule has 0 saturated carbocycles. The minimum absolute atomic E-state index is 0.277. The summed E-state index contributed by atoms with van der Waals surface area (Å²) in [6.07, 6.45) is -0.693. The summed E-state index contributed by atoms with van der Waals surface area (Å²) in [5.74, 6) is 0. The van der Waals surface area contributed by atoms with E-state index in [4.69, 9.17) is 22.6 Å². The van der Waals surface area contributed by atoms with Crippen molar-refractivity contribution < 1.29 is 5.11 Å². The first-order valence-electron chi connectivity index (χ1n) is 6.08. The number of aliphatic hydroxyl groups excluding tert-OH is 1. The maximum absolute atomic E-state index is 10.1. The van der Waals surface area contributed by atoms with Gasteiger partial charge in [-0.05, 0) is 29.8 Å². The summed E-state index contributed by atoms with van der Waals surface area (Å²) in [7, 11) is 0. The Bertz CT molecular complexity index is 635. The lowest BCUT2D eigenvalue weighted by Crippen LogP contribution is -2.13. The van der Waals surface area contributed by atoms with Crippen LogP contribution in [0.1, 0.15) is 17.2 Å². The first kappa shape index (κ1) is 14.2. The van der Waals surface area contributed by atoms with Gasteiger partial charge in [0.1, 0.15) is 6.07 Å². The zero-order valence-corrected chi connectivity index (χ0v) is 11.4. The third-order valence-corrected chi connectivity index (χ3v) is 3.25. The summed E-state index contributed by atoms with van der Waals surface area (Å²) in [5, 5.41) is 22.6. The Hall–Kier alpha value is -2.22. The Balaban J connectivity index is 2.07. The normalized spacial score (nSPS) is 11.7. The molecule has 0 aliphatic carbocycles. The van der Waals surface area contributed by atoms with E-state index < -0.39 is 6.10 Å². The van der Waals surface area contributed by atoms with Gasteiger partial charge in [0, 0.05) is 12.2 Å². The van der Waals surface area contributed by atoms with Gasteiger partial charge in [-0.3, -0.25) is 0 Å². The van der Waals surface area contributed by atoms with Crippen LogP contribution in [0.3, 0.4) is 0 Å². The summed E-state index contributed by atoms with van der Waals surface area (Å²) in [6, 6.07) is 14.2. The van der Waals surface area contributed by atoms with E-state index >= 15 is 0 Å². The molecule has 0 aliphatic rings. The van der Waals surface area contributed by atoms with E-state index in [1.54, 1.807) is 42.5 Å². The average Bonchev–Trinajstić information content (AvgIpc) is 2.45. The van der Waals surface area contributed by atoms with Gasteiger partial charge in [-0.15, -0.1) is 0 Å². The monoisotopic (exact) mass is 287 g/mol. The zero-order chi connectivity index (χ0) is 14.5. The van der Waals surface area contributed by atoms with Crippen LogP contribution >= 0.6 is 11.6 Å². The first-order valence-corrected chi connectivity index (χ1v) is 6.45. The lowest BCUT2D eigenvalue weighted by molar-refractivity contribution is 0.191. The molecule has 1 unspecified atom stereocenters. The van der Waals surface area contributed by atoms with Crippen LogP contribution < -0.4 is 11.1 Å². The summed E-state index contributed by atoms with van der Waals surface area (Å²) >= 11 is 5.94. The molecule has 0 amide bonds. The summed E-state index contributed by atoms with van der Waals surface area (Å²) < 4.78 is 0. The van der Waals surface area contributed by atoms with Crippen molar-refractivity contribution in [2.24, 2.45) is 0 Å². The molecular formula is C15H14ClN3O. The number of benzene rings is 2. The number of hydrogen-bond acceptors (Lipinski definition) is 4. The molecule has 0 bridgehead atoms. The third-order valence-electron chi connectivity index (χ3n) is 2.93. The fourth-order valence-electron chi connectivity index (χ4n) is 1.83. The maximum atomic E-state index is 10.1. The van der Waals surface area contributed by atoms with Crippen molar-refractivity contribution in [2.45, 2.75) is 6.10 Å². The van der Waals surface area contributed by atoms with Crippen LogP contribution in [0, 0.1) is 11.3 Å². The molecule has 2 rings (SSSR count). The lowest BCUT2D eigenvalue weighted by Gasteiger charge is -2.14.